The lowest BCUT2D eigenvalue weighted by atomic mass is 10.1. The lowest BCUT2D eigenvalue weighted by Gasteiger charge is -2.17. The summed E-state index contributed by atoms with van der Waals surface area (Å²) in [7, 11) is 0. The van der Waals surface area contributed by atoms with Crippen molar-refractivity contribution in [2.45, 2.75) is 45.1 Å². The monoisotopic (exact) mass is 376 g/mol. The maximum atomic E-state index is 11.9. The second-order valence-electron chi connectivity index (χ2n) is 5.43. The Balaban J connectivity index is 4.09. The molecule has 0 bridgehead atoms. The topological polar surface area (TPSA) is 155 Å². The standard InChI is InChI=1S/C16H32N4O6/c1-2-24-14(21)13(20-16(23)26-12-6-9-18)7-3-4-10-19-15(22)25-11-5-8-17/h13H,2-12,17-18H2,1H3,(H,19,22)(H,20,23)/t13-/m0/s1. The molecule has 0 fully saturated rings. The highest BCUT2D eigenvalue weighted by Crippen LogP contribution is 2.04. The largest absolute Gasteiger partial charge is 0.464 e. The summed E-state index contributed by atoms with van der Waals surface area (Å²) in [6.45, 7) is 3.65. The summed E-state index contributed by atoms with van der Waals surface area (Å²) in [5, 5.41) is 5.10. The number of unbranched alkanes of at least 4 members (excludes halogenated alkanes) is 1. The van der Waals surface area contributed by atoms with Crippen LogP contribution >= 0.6 is 0 Å². The van der Waals surface area contributed by atoms with Gasteiger partial charge in [-0.2, -0.15) is 0 Å². The van der Waals surface area contributed by atoms with E-state index in [1.54, 1.807) is 6.92 Å². The van der Waals surface area contributed by atoms with Crippen LogP contribution in [0.3, 0.4) is 0 Å². The Morgan fingerprint density at radius 1 is 0.885 bits per heavy atom. The molecule has 0 aliphatic carbocycles. The number of hydrogen-bond donors (Lipinski definition) is 4. The van der Waals surface area contributed by atoms with Crippen molar-refractivity contribution in [2.24, 2.45) is 11.5 Å². The molecule has 0 aromatic rings. The third-order valence-electron chi connectivity index (χ3n) is 3.22. The lowest BCUT2D eigenvalue weighted by molar-refractivity contribution is -0.145. The van der Waals surface area contributed by atoms with Gasteiger partial charge in [-0.15, -0.1) is 0 Å². The quantitative estimate of drug-likeness (QED) is 0.191. The van der Waals surface area contributed by atoms with Crippen molar-refractivity contribution in [3.63, 3.8) is 0 Å². The molecule has 2 amide bonds. The van der Waals surface area contributed by atoms with Crippen molar-refractivity contribution < 1.29 is 28.6 Å². The summed E-state index contributed by atoms with van der Waals surface area (Å²) in [6, 6.07) is -0.795. The zero-order valence-corrected chi connectivity index (χ0v) is 15.5. The van der Waals surface area contributed by atoms with Gasteiger partial charge in [0, 0.05) is 6.54 Å². The minimum atomic E-state index is -0.795. The normalized spacial score (nSPS) is 11.3. The average Bonchev–Trinajstić information content (AvgIpc) is 2.61. The number of nitrogens with two attached hydrogens (primary N) is 2. The third-order valence-corrected chi connectivity index (χ3v) is 3.22. The van der Waals surface area contributed by atoms with Crippen molar-refractivity contribution in [1.29, 1.82) is 0 Å². The summed E-state index contributed by atoms with van der Waals surface area (Å²) in [6.07, 6.45) is 1.56. The maximum absolute atomic E-state index is 11.9. The molecule has 0 aromatic carbocycles. The fourth-order valence-corrected chi connectivity index (χ4v) is 1.89. The molecule has 6 N–H and O–H groups in total. The predicted octanol–water partition coefficient (Wildman–Crippen LogP) is 0.238. The SMILES string of the molecule is CCOC(=O)[C@H](CCCCNC(=O)OCCCN)NC(=O)OCCCN. The fourth-order valence-electron chi connectivity index (χ4n) is 1.89. The molecule has 0 radical (unpaired) electrons. The van der Waals surface area contributed by atoms with Gasteiger partial charge in [0.25, 0.3) is 0 Å². The Morgan fingerprint density at radius 2 is 1.50 bits per heavy atom. The van der Waals surface area contributed by atoms with Gasteiger partial charge in [-0.3, -0.25) is 0 Å². The highest BCUT2D eigenvalue weighted by atomic mass is 16.6. The van der Waals surface area contributed by atoms with Crippen molar-refractivity contribution in [3.8, 4) is 0 Å². The summed E-state index contributed by atoms with van der Waals surface area (Å²) < 4.78 is 14.8. The highest BCUT2D eigenvalue weighted by Gasteiger charge is 2.22. The number of alkyl carbamates (subject to hydrolysis) is 2. The van der Waals surface area contributed by atoms with Crippen LogP contribution in [0.4, 0.5) is 9.59 Å². The van der Waals surface area contributed by atoms with Gasteiger partial charge in [0.2, 0.25) is 0 Å². The van der Waals surface area contributed by atoms with E-state index in [4.69, 9.17) is 25.7 Å². The van der Waals surface area contributed by atoms with Crippen molar-refractivity contribution in [2.75, 3.05) is 39.5 Å². The van der Waals surface area contributed by atoms with E-state index in [0.717, 1.165) is 0 Å². The molecule has 0 spiro atoms. The van der Waals surface area contributed by atoms with Crippen LogP contribution in [-0.4, -0.2) is 63.7 Å². The molecule has 152 valence electrons. The summed E-state index contributed by atoms with van der Waals surface area (Å²) in [5.74, 6) is -0.516. The number of hydrogen-bond acceptors (Lipinski definition) is 8. The van der Waals surface area contributed by atoms with Crippen LogP contribution in [0, 0.1) is 0 Å². The summed E-state index contributed by atoms with van der Waals surface area (Å²) in [5.41, 5.74) is 10.6. The van der Waals surface area contributed by atoms with Crippen LogP contribution in [0.25, 0.3) is 0 Å². The Labute approximate surface area is 154 Å². The number of nitrogens with one attached hydrogen (secondary N) is 2. The first-order valence-corrected chi connectivity index (χ1v) is 8.95. The molecule has 0 unspecified atom stereocenters. The van der Waals surface area contributed by atoms with E-state index in [-0.39, 0.29) is 19.8 Å². The second kappa shape index (κ2) is 16.4. The van der Waals surface area contributed by atoms with Crippen molar-refractivity contribution >= 4 is 18.2 Å². The van der Waals surface area contributed by atoms with E-state index < -0.39 is 24.2 Å². The first-order valence-electron chi connectivity index (χ1n) is 8.95. The van der Waals surface area contributed by atoms with Crippen molar-refractivity contribution in [3.05, 3.63) is 0 Å². The van der Waals surface area contributed by atoms with E-state index in [9.17, 15) is 14.4 Å². The van der Waals surface area contributed by atoms with Crippen LogP contribution < -0.4 is 22.1 Å². The molecule has 0 aromatic heterocycles. The third kappa shape index (κ3) is 13.2. The van der Waals surface area contributed by atoms with E-state index >= 15 is 0 Å². The number of carbonyl (C=O) groups excluding carboxylic acids is 3. The minimum Gasteiger partial charge on any atom is -0.464 e. The first kappa shape index (κ1) is 23.9. The van der Waals surface area contributed by atoms with E-state index in [1.807, 2.05) is 0 Å². The van der Waals surface area contributed by atoms with Gasteiger partial charge in [0.1, 0.15) is 6.04 Å². The Kier molecular flexibility index (Phi) is 15.1. The molecule has 10 nitrogen and oxygen atoms in total. The molecule has 0 saturated heterocycles. The zero-order valence-electron chi connectivity index (χ0n) is 15.5. The number of rotatable bonds is 14. The Morgan fingerprint density at radius 3 is 2.08 bits per heavy atom. The Hall–Kier alpha value is -2.07. The summed E-state index contributed by atoms with van der Waals surface area (Å²) >= 11 is 0. The van der Waals surface area contributed by atoms with Crippen LogP contribution in [0.5, 0.6) is 0 Å². The molecule has 0 rings (SSSR count). The van der Waals surface area contributed by atoms with Gasteiger partial charge >= 0.3 is 18.2 Å². The molecule has 0 heterocycles. The lowest BCUT2D eigenvalue weighted by Crippen LogP contribution is -2.42. The smallest absolute Gasteiger partial charge is 0.407 e. The van der Waals surface area contributed by atoms with Crippen LogP contribution in [0.2, 0.25) is 0 Å². The van der Waals surface area contributed by atoms with Crippen molar-refractivity contribution in [1.82, 2.24) is 10.6 Å². The number of ether oxygens (including phenoxy) is 3. The number of carbonyl (C=O) groups is 3. The minimum absolute atomic E-state index is 0.189. The van der Waals surface area contributed by atoms with Gasteiger partial charge < -0.3 is 36.3 Å². The van der Waals surface area contributed by atoms with E-state index in [2.05, 4.69) is 10.6 Å². The molecule has 0 aliphatic heterocycles. The first-order chi connectivity index (χ1) is 12.5. The molecule has 0 aliphatic rings. The van der Waals surface area contributed by atoms with Crippen LogP contribution in [0.15, 0.2) is 0 Å². The molecular weight excluding hydrogens is 344 g/mol. The van der Waals surface area contributed by atoms with Crippen LogP contribution in [-0.2, 0) is 19.0 Å². The molecular formula is C16H32N4O6. The van der Waals surface area contributed by atoms with Gasteiger partial charge in [-0.05, 0) is 52.1 Å². The molecule has 10 heteroatoms. The fraction of sp³-hybridized carbons (Fsp3) is 0.812. The van der Waals surface area contributed by atoms with Gasteiger partial charge in [-0.1, -0.05) is 0 Å². The number of esters is 1. The van der Waals surface area contributed by atoms with Gasteiger partial charge in [0.05, 0.1) is 19.8 Å². The molecule has 1 atom stereocenters. The predicted molar refractivity (Wildman–Crippen MR) is 95.4 cm³/mol. The molecule has 0 saturated carbocycles. The second-order valence-corrected chi connectivity index (χ2v) is 5.43. The number of amides is 2. The van der Waals surface area contributed by atoms with Crippen LogP contribution in [0.1, 0.15) is 39.0 Å². The van der Waals surface area contributed by atoms with Gasteiger partial charge in [0.15, 0.2) is 0 Å². The van der Waals surface area contributed by atoms with Gasteiger partial charge in [-0.25, -0.2) is 14.4 Å². The van der Waals surface area contributed by atoms with E-state index in [0.29, 0.717) is 51.7 Å². The average molecular weight is 376 g/mol. The maximum Gasteiger partial charge on any atom is 0.407 e. The zero-order chi connectivity index (χ0) is 19.6. The molecule has 26 heavy (non-hydrogen) atoms. The highest BCUT2D eigenvalue weighted by molar-refractivity contribution is 5.81. The summed E-state index contributed by atoms with van der Waals surface area (Å²) in [4.78, 5) is 34.9. The van der Waals surface area contributed by atoms with E-state index in [1.165, 1.54) is 0 Å². The Bertz CT molecular complexity index is 408.